The zero-order valence-electron chi connectivity index (χ0n) is 17.8. The Morgan fingerprint density at radius 3 is 2.44 bits per heavy atom. The second-order valence-corrected chi connectivity index (χ2v) is 7.45. The summed E-state index contributed by atoms with van der Waals surface area (Å²) >= 11 is 5.27. The molecule has 0 aliphatic rings. The summed E-state index contributed by atoms with van der Waals surface area (Å²) in [5.41, 5.74) is 4.63. The van der Waals surface area contributed by atoms with Crippen molar-refractivity contribution in [3.63, 3.8) is 0 Å². The third-order valence-electron chi connectivity index (χ3n) is 4.81. The van der Waals surface area contributed by atoms with Gasteiger partial charge in [-0.15, -0.1) is 0 Å². The summed E-state index contributed by atoms with van der Waals surface area (Å²) in [7, 11) is 3.05. The number of oxazole rings is 1. The summed E-state index contributed by atoms with van der Waals surface area (Å²) in [5, 5.41) is 5.83. The Hall–Kier alpha value is -3.91. The van der Waals surface area contributed by atoms with E-state index in [1.165, 1.54) is 14.2 Å². The number of amides is 1. The van der Waals surface area contributed by atoms with Gasteiger partial charge in [-0.1, -0.05) is 6.07 Å². The molecule has 8 heteroatoms. The number of benzene rings is 3. The molecule has 3 aromatic carbocycles. The Morgan fingerprint density at radius 2 is 1.72 bits per heavy atom. The average molecular weight is 448 g/mol. The fourth-order valence-electron chi connectivity index (χ4n) is 3.17. The zero-order valence-corrected chi connectivity index (χ0v) is 18.6. The van der Waals surface area contributed by atoms with Gasteiger partial charge in [0.2, 0.25) is 5.89 Å². The van der Waals surface area contributed by atoms with Gasteiger partial charge in [0, 0.05) is 16.8 Å². The molecule has 0 aliphatic heterocycles. The molecule has 0 bridgehead atoms. The number of fused-ring (bicyclic) bond motifs is 1. The molecule has 0 atom stereocenters. The van der Waals surface area contributed by atoms with E-state index >= 15 is 0 Å². The van der Waals surface area contributed by atoms with Crippen LogP contribution in [0.1, 0.15) is 15.9 Å². The van der Waals surface area contributed by atoms with Crippen molar-refractivity contribution in [3.05, 3.63) is 71.8 Å². The number of hydrogen-bond acceptors (Lipinski definition) is 6. The minimum atomic E-state index is -0.359. The lowest BCUT2D eigenvalue weighted by molar-refractivity contribution is 0.0977. The SMILES string of the molecule is COc1ccc(C(=O)NC(=S)Nc2ccc(-c3nc4ccc(C)cc4o3)cc2)cc1OC. The van der Waals surface area contributed by atoms with Gasteiger partial charge in [-0.25, -0.2) is 4.98 Å². The monoisotopic (exact) mass is 447 g/mol. The summed E-state index contributed by atoms with van der Waals surface area (Å²) in [6.07, 6.45) is 0. The van der Waals surface area contributed by atoms with Crippen LogP contribution in [0.2, 0.25) is 0 Å². The number of nitrogens with one attached hydrogen (secondary N) is 2. The molecule has 0 unspecified atom stereocenters. The number of thiocarbonyl (C=S) groups is 1. The Kier molecular flexibility index (Phi) is 6.04. The molecule has 7 nitrogen and oxygen atoms in total. The summed E-state index contributed by atoms with van der Waals surface area (Å²) < 4.78 is 16.3. The first-order chi connectivity index (χ1) is 15.5. The molecule has 0 saturated heterocycles. The van der Waals surface area contributed by atoms with Crippen molar-refractivity contribution in [1.82, 2.24) is 10.3 Å². The fourth-order valence-corrected chi connectivity index (χ4v) is 3.38. The van der Waals surface area contributed by atoms with E-state index in [1.807, 2.05) is 49.4 Å². The Bertz CT molecular complexity index is 1300. The lowest BCUT2D eigenvalue weighted by Gasteiger charge is -2.12. The average Bonchev–Trinajstić information content (AvgIpc) is 3.22. The highest BCUT2D eigenvalue weighted by Gasteiger charge is 2.13. The molecule has 2 N–H and O–H groups in total. The maximum atomic E-state index is 12.5. The van der Waals surface area contributed by atoms with Crippen molar-refractivity contribution in [1.29, 1.82) is 0 Å². The third-order valence-corrected chi connectivity index (χ3v) is 5.01. The lowest BCUT2D eigenvalue weighted by Crippen LogP contribution is -2.34. The van der Waals surface area contributed by atoms with Crippen LogP contribution in [0.4, 0.5) is 5.69 Å². The number of methoxy groups -OCH3 is 2. The number of nitrogens with zero attached hydrogens (tertiary/aromatic N) is 1. The van der Waals surface area contributed by atoms with Gasteiger partial charge >= 0.3 is 0 Å². The standard InChI is InChI=1S/C24H21N3O4S/c1-14-4-10-18-20(12-14)31-23(26-18)15-5-8-17(9-6-15)25-24(32)27-22(28)16-7-11-19(29-2)21(13-16)30-3/h4-13H,1-3H3,(H2,25,27,28,32). The topological polar surface area (TPSA) is 85.6 Å². The second kappa shape index (κ2) is 9.07. The molecule has 32 heavy (non-hydrogen) atoms. The Morgan fingerprint density at radius 1 is 0.969 bits per heavy atom. The van der Waals surface area contributed by atoms with Crippen LogP contribution in [-0.2, 0) is 0 Å². The molecule has 0 radical (unpaired) electrons. The Labute approximate surface area is 190 Å². The molecule has 1 aromatic heterocycles. The first-order valence-electron chi connectivity index (χ1n) is 9.79. The molecule has 1 amide bonds. The highest BCUT2D eigenvalue weighted by molar-refractivity contribution is 7.80. The minimum Gasteiger partial charge on any atom is -0.493 e. The van der Waals surface area contributed by atoms with Crippen LogP contribution < -0.4 is 20.1 Å². The van der Waals surface area contributed by atoms with Crippen LogP contribution in [0.25, 0.3) is 22.6 Å². The number of carbonyl (C=O) groups excluding carboxylic acids is 1. The molecule has 4 aromatic rings. The summed E-state index contributed by atoms with van der Waals surface area (Å²) in [4.78, 5) is 17.0. The minimum absolute atomic E-state index is 0.176. The van der Waals surface area contributed by atoms with Crippen LogP contribution in [0.3, 0.4) is 0 Å². The smallest absolute Gasteiger partial charge is 0.257 e. The van der Waals surface area contributed by atoms with Crippen LogP contribution in [0, 0.1) is 6.92 Å². The number of aromatic nitrogens is 1. The summed E-state index contributed by atoms with van der Waals surface area (Å²) in [5.74, 6) is 1.19. The van der Waals surface area contributed by atoms with Crippen molar-refractivity contribution in [2.45, 2.75) is 6.92 Å². The third kappa shape index (κ3) is 4.55. The van der Waals surface area contributed by atoms with Gasteiger partial charge in [-0.2, -0.15) is 0 Å². The van der Waals surface area contributed by atoms with Crippen molar-refractivity contribution >= 4 is 40.0 Å². The molecule has 0 saturated carbocycles. The van der Waals surface area contributed by atoms with Crippen LogP contribution in [-0.4, -0.2) is 30.2 Å². The van der Waals surface area contributed by atoms with E-state index in [9.17, 15) is 4.79 Å². The molecule has 1 heterocycles. The number of rotatable bonds is 5. The van der Waals surface area contributed by atoms with E-state index in [1.54, 1.807) is 18.2 Å². The van der Waals surface area contributed by atoms with E-state index in [4.69, 9.17) is 26.1 Å². The van der Waals surface area contributed by atoms with Crippen molar-refractivity contribution in [3.8, 4) is 23.0 Å². The first-order valence-corrected chi connectivity index (χ1v) is 10.2. The summed E-state index contributed by atoms with van der Waals surface area (Å²) in [6, 6.07) is 18.2. The largest absolute Gasteiger partial charge is 0.493 e. The van der Waals surface area contributed by atoms with Gasteiger partial charge in [-0.05, 0) is 79.3 Å². The van der Waals surface area contributed by atoms with Crippen LogP contribution in [0.5, 0.6) is 11.5 Å². The van der Waals surface area contributed by atoms with E-state index < -0.39 is 0 Å². The van der Waals surface area contributed by atoms with Gasteiger partial charge in [-0.3, -0.25) is 10.1 Å². The molecule has 0 spiro atoms. The fraction of sp³-hybridized carbons (Fsp3) is 0.125. The zero-order chi connectivity index (χ0) is 22.7. The van der Waals surface area contributed by atoms with Crippen LogP contribution in [0.15, 0.2) is 65.1 Å². The number of carbonyl (C=O) groups is 1. The quantitative estimate of drug-likeness (QED) is 0.419. The first kappa shape index (κ1) is 21.3. The summed E-state index contributed by atoms with van der Waals surface area (Å²) in [6.45, 7) is 2.01. The van der Waals surface area contributed by atoms with Gasteiger partial charge in [0.15, 0.2) is 22.2 Å². The number of aryl methyl sites for hydroxylation is 1. The van der Waals surface area contributed by atoms with Crippen molar-refractivity contribution in [2.75, 3.05) is 19.5 Å². The van der Waals surface area contributed by atoms with E-state index in [0.717, 1.165) is 27.9 Å². The predicted molar refractivity (Wildman–Crippen MR) is 127 cm³/mol. The highest BCUT2D eigenvalue weighted by Crippen LogP contribution is 2.28. The molecular formula is C24H21N3O4S. The van der Waals surface area contributed by atoms with Gasteiger partial charge < -0.3 is 19.2 Å². The van der Waals surface area contributed by atoms with Crippen molar-refractivity contribution < 1.29 is 18.7 Å². The molecule has 162 valence electrons. The molecule has 0 aliphatic carbocycles. The van der Waals surface area contributed by atoms with Crippen molar-refractivity contribution in [2.24, 2.45) is 0 Å². The van der Waals surface area contributed by atoms with Gasteiger partial charge in [0.25, 0.3) is 5.91 Å². The van der Waals surface area contributed by atoms with E-state index in [2.05, 4.69) is 15.6 Å². The normalized spacial score (nSPS) is 10.6. The van der Waals surface area contributed by atoms with Crippen LogP contribution >= 0.6 is 12.2 Å². The second-order valence-electron chi connectivity index (χ2n) is 7.05. The number of hydrogen-bond donors (Lipinski definition) is 2. The maximum absolute atomic E-state index is 12.5. The highest BCUT2D eigenvalue weighted by atomic mass is 32.1. The number of anilines is 1. The predicted octanol–water partition coefficient (Wildman–Crippen LogP) is 4.95. The van der Waals surface area contributed by atoms with Gasteiger partial charge in [0.1, 0.15) is 5.52 Å². The number of ether oxygens (including phenoxy) is 2. The Balaban J connectivity index is 1.41. The maximum Gasteiger partial charge on any atom is 0.257 e. The van der Waals surface area contributed by atoms with E-state index in [0.29, 0.717) is 23.0 Å². The molecular weight excluding hydrogens is 426 g/mol. The molecule has 4 rings (SSSR count). The van der Waals surface area contributed by atoms with Gasteiger partial charge in [0.05, 0.1) is 14.2 Å². The lowest BCUT2D eigenvalue weighted by atomic mass is 10.2. The van der Waals surface area contributed by atoms with E-state index in [-0.39, 0.29) is 11.0 Å². The molecule has 0 fully saturated rings.